The minimum absolute atomic E-state index is 0.247. The maximum atomic E-state index is 12.9. The van der Waals surface area contributed by atoms with Gasteiger partial charge in [-0.05, 0) is 39.8 Å². The quantitative estimate of drug-likeness (QED) is 0.467. The van der Waals surface area contributed by atoms with Gasteiger partial charge in [-0.25, -0.2) is 9.67 Å². The Kier molecular flexibility index (Phi) is 5.79. The van der Waals surface area contributed by atoms with Crippen molar-refractivity contribution in [2.24, 2.45) is 0 Å². The average molecular weight is 452 g/mol. The number of anilines is 1. The summed E-state index contributed by atoms with van der Waals surface area (Å²) in [5.74, 6) is -0.527. The molecule has 0 aliphatic rings. The van der Waals surface area contributed by atoms with Crippen LogP contribution in [0.2, 0.25) is 0 Å². The second kappa shape index (κ2) is 8.54. The summed E-state index contributed by atoms with van der Waals surface area (Å²) in [6.45, 7) is 8.98. The van der Waals surface area contributed by atoms with Crippen LogP contribution >= 0.6 is 11.3 Å². The maximum absolute atomic E-state index is 12.9. The molecule has 10 heteroatoms. The molecule has 1 aromatic carbocycles. The molecule has 4 aromatic rings. The van der Waals surface area contributed by atoms with Gasteiger partial charge < -0.3 is 9.88 Å². The van der Waals surface area contributed by atoms with Crippen molar-refractivity contribution in [1.29, 1.82) is 0 Å². The highest BCUT2D eigenvalue weighted by Gasteiger charge is 2.27. The molecule has 0 saturated heterocycles. The normalized spacial score (nSPS) is 11.6. The van der Waals surface area contributed by atoms with E-state index in [1.807, 2.05) is 50.6 Å². The molecule has 0 aliphatic heterocycles. The van der Waals surface area contributed by atoms with Gasteiger partial charge in [-0.2, -0.15) is 10.1 Å². The minimum Gasteiger partial charge on any atom is -0.349 e. The number of rotatable bonds is 6. The van der Waals surface area contributed by atoms with Crippen molar-refractivity contribution in [3.63, 3.8) is 0 Å². The van der Waals surface area contributed by atoms with E-state index in [9.17, 15) is 9.59 Å². The number of imidazole rings is 1. The standard InChI is InChI=1S/C22H25N7O2S/c1-14-5-7-15(8-6-14)19(30)26-21-25-18-17(32-21)16(27-29(18)22(2,3)4)20(31)24-10-12-28-11-9-23-13-28/h5-9,11,13H,10,12H2,1-4H3,(H,24,31)(H,25,26,30). The lowest BCUT2D eigenvalue weighted by molar-refractivity contribution is 0.0946. The number of benzene rings is 1. The van der Waals surface area contributed by atoms with Crippen LogP contribution in [0.5, 0.6) is 0 Å². The average Bonchev–Trinajstić information content (AvgIpc) is 3.44. The number of hydrogen-bond donors (Lipinski definition) is 2. The van der Waals surface area contributed by atoms with E-state index in [0.717, 1.165) is 5.56 Å². The fourth-order valence-electron chi connectivity index (χ4n) is 3.15. The van der Waals surface area contributed by atoms with Crippen LogP contribution in [0.1, 0.15) is 47.2 Å². The molecule has 0 radical (unpaired) electrons. The first-order chi connectivity index (χ1) is 15.2. The van der Waals surface area contributed by atoms with Gasteiger partial charge in [-0.1, -0.05) is 29.0 Å². The molecule has 2 amide bonds. The summed E-state index contributed by atoms with van der Waals surface area (Å²) in [6, 6.07) is 7.32. The number of aryl methyl sites for hydroxylation is 1. The van der Waals surface area contributed by atoms with E-state index in [-0.39, 0.29) is 17.4 Å². The molecule has 0 aliphatic carbocycles. The summed E-state index contributed by atoms with van der Waals surface area (Å²) < 4.78 is 4.25. The van der Waals surface area contributed by atoms with Gasteiger partial charge >= 0.3 is 0 Å². The zero-order chi connectivity index (χ0) is 22.9. The molecule has 166 valence electrons. The molecule has 4 rings (SSSR count). The van der Waals surface area contributed by atoms with E-state index in [2.05, 4.69) is 25.7 Å². The predicted octanol–water partition coefficient (Wildman–Crippen LogP) is 3.44. The smallest absolute Gasteiger partial charge is 0.273 e. The van der Waals surface area contributed by atoms with Gasteiger partial charge in [0, 0.05) is 31.0 Å². The molecule has 9 nitrogen and oxygen atoms in total. The zero-order valence-corrected chi connectivity index (χ0v) is 19.2. The maximum Gasteiger partial charge on any atom is 0.273 e. The fraction of sp³-hybridized carbons (Fsp3) is 0.318. The Morgan fingerprint density at radius 2 is 1.88 bits per heavy atom. The Hall–Kier alpha value is -3.53. The van der Waals surface area contributed by atoms with Gasteiger partial charge in [0.1, 0.15) is 4.70 Å². The summed E-state index contributed by atoms with van der Waals surface area (Å²) in [6.07, 6.45) is 5.23. The van der Waals surface area contributed by atoms with Crippen molar-refractivity contribution >= 4 is 38.6 Å². The number of nitrogens with one attached hydrogen (secondary N) is 2. The zero-order valence-electron chi connectivity index (χ0n) is 18.4. The van der Waals surface area contributed by atoms with Crippen LogP contribution in [0.4, 0.5) is 5.13 Å². The summed E-state index contributed by atoms with van der Waals surface area (Å²) in [7, 11) is 0. The van der Waals surface area contributed by atoms with Crippen molar-refractivity contribution in [3.8, 4) is 0 Å². The number of nitrogens with zero attached hydrogens (tertiary/aromatic N) is 5. The highest BCUT2D eigenvalue weighted by Crippen LogP contribution is 2.32. The van der Waals surface area contributed by atoms with Gasteiger partial charge in [0.2, 0.25) is 0 Å². The fourth-order valence-corrected chi connectivity index (χ4v) is 4.07. The largest absolute Gasteiger partial charge is 0.349 e. The topological polar surface area (TPSA) is 107 Å². The van der Waals surface area contributed by atoms with E-state index in [4.69, 9.17) is 0 Å². The highest BCUT2D eigenvalue weighted by molar-refractivity contribution is 7.22. The van der Waals surface area contributed by atoms with E-state index < -0.39 is 0 Å². The predicted molar refractivity (Wildman–Crippen MR) is 124 cm³/mol. The number of carbonyl (C=O) groups is 2. The molecule has 2 N–H and O–H groups in total. The second-order valence-electron chi connectivity index (χ2n) is 8.48. The molecule has 0 spiro atoms. The lowest BCUT2D eigenvalue weighted by Crippen LogP contribution is -2.29. The second-order valence-corrected chi connectivity index (χ2v) is 9.48. The van der Waals surface area contributed by atoms with Crippen molar-refractivity contribution in [2.45, 2.75) is 39.8 Å². The minimum atomic E-state index is -0.389. The molecule has 0 unspecified atom stereocenters. The summed E-state index contributed by atoms with van der Waals surface area (Å²) in [5, 5.41) is 10.7. The Morgan fingerprint density at radius 1 is 1.12 bits per heavy atom. The van der Waals surface area contributed by atoms with Crippen LogP contribution in [0.3, 0.4) is 0 Å². The van der Waals surface area contributed by atoms with Crippen LogP contribution in [0, 0.1) is 6.92 Å². The van der Waals surface area contributed by atoms with E-state index >= 15 is 0 Å². The molecule has 3 aromatic heterocycles. The SMILES string of the molecule is Cc1ccc(C(=O)Nc2nc3c(s2)c(C(=O)NCCn2ccnc2)nn3C(C)(C)C)cc1. The number of thiazole rings is 1. The van der Waals surface area contributed by atoms with Gasteiger partial charge in [-0.15, -0.1) is 0 Å². The van der Waals surface area contributed by atoms with Crippen LogP contribution < -0.4 is 10.6 Å². The van der Waals surface area contributed by atoms with E-state index in [0.29, 0.717) is 39.8 Å². The molecular weight excluding hydrogens is 426 g/mol. The Labute approximate surface area is 189 Å². The van der Waals surface area contributed by atoms with Crippen LogP contribution in [0.25, 0.3) is 10.3 Å². The number of aromatic nitrogens is 5. The van der Waals surface area contributed by atoms with Crippen molar-refractivity contribution in [3.05, 3.63) is 59.8 Å². The first kappa shape index (κ1) is 21.7. The molecule has 0 saturated carbocycles. The van der Waals surface area contributed by atoms with Gasteiger partial charge in [0.15, 0.2) is 16.5 Å². The first-order valence-corrected chi connectivity index (χ1v) is 11.1. The van der Waals surface area contributed by atoms with E-state index in [1.54, 1.807) is 29.3 Å². The van der Waals surface area contributed by atoms with Crippen LogP contribution in [0.15, 0.2) is 43.0 Å². The van der Waals surface area contributed by atoms with Gasteiger partial charge in [-0.3, -0.25) is 14.9 Å². The molecule has 32 heavy (non-hydrogen) atoms. The molecule has 3 heterocycles. The number of fused-ring (bicyclic) bond motifs is 1. The van der Waals surface area contributed by atoms with Crippen molar-refractivity contribution in [1.82, 2.24) is 29.6 Å². The summed E-state index contributed by atoms with van der Waals surface area (Å²) in [5.41, 5.74) is 2.11. The van der Waals surface area contributed by atoms with Crippen molar-refractivity contribution < 1.29 is 9.59 Å². The highest BCUT2D eigenvalue weighted by atomic mass is 32.1. The van der Waals surface area contributed by atoms with Crippen LogP contribution in [-0.2, 0) is 12.1 Å². The van der Waals surface area contributed by atoms with Crippen molar-refractivity contribution in [2.75, 3.05) is 11.9 Å². The Balaban J connectivity index is 1.58. The lowest BCUT2D eigenvalue weighted by Gasteiger charge is -2.19. The number of amides is 2. The van der Waals surface area contributed by atoms with Crippen LogP contribution in [-0.4, -0.2) is 42.7 Å². The molecule has 0 atom stereocenters. The molecular formula is C22H25N7O2S. The summed E-state index contributed by atoms with van der Waals surface area (Å²) in [4.78, 5) is 34.1. The third-order valence-corrected chi connectivity index (χ3v) is 5.79. The monoisotopic (exact) mass is 451 g/mol. The van der Waals surface area contributed by atoms with Gasteiger partial charge in [0.25, 0.3) is 11.8 Å². The van der Waals surface area contributed by atoms with E-state index in [1.165, 1.54) is 11.3 Å². The third kappa shape index (κ3) is 4.54. The third-order valence-electron chi connectivity index (χ3n) is 4.82. The molecule has 0 fully saturated rings. The number of carbonyl (C=O) groups excluding carboxylic acids is 2. The lowest BCUT2D eigenvalue weighted by atomic mass is 10.1. The first-order valence-electron chi connectivity index (χ1n) is 10.2. The number of hydrogen-bond acceptors (Lipinski definition) is 6. The molecule has 0 bridgehead atoms. The van der Waals surface area contributed by atoms with Gasteiger partial charge in [0.05, 0.1) is 11.9 Å². The Bertz CT molecular complexity index is 1250. The summed E-state index contributed by atoms with van der Waals surface area (Å²) >= 11 is 1.24. The Morgan fingerprint density at radius 3 is 2.53 bits per heavy atom.